The van der Waals surface area contributed by atoms with Gasteiger partial charge in [-0.1, -0.05) is 11.6 Å². The number of hydrogen-bond donors (Lipinski definition) is 1. The van der Waals surface area contributed by atoms with Crippen LogP contribution in [0.15, 0.2) is 41.3 Å². The summed E-state index contributed by atoms with van der Waals surface area (Å²) in [6.07, 6.45) is 2.79. The molecule has 10 heteroatoms. The smallest absolute Gasteiger partial charge is 0.248 e. The number of amides is 1. The van der Waals surface area contributed by atoms with Crippen LogP contribution in [-0.2, 0) is 14.8 Å². The van der Waals surface area contributed by atoms with Gasteiger partial charge in [0.15, 0.2) is 11.5 Å². The summed E-state index contributed by atoms with van der Waals surface area (Å²) >= 11 is 6.32. The maximum Gasteiger partial charge on any atom is 0.248 e. The second-order valence-electron chi connectivity index (χ2n) is 7.41. The van der Waals surface area contributed by atoms with Gasteiger partial charge in [-0.25, -0.2) is 12.7 Å². The predicted molar refractivity (Wildman–Crippen MR) is 130 cm³/mol. The number of carbonyl (C=O) groups is 1. The molecule has 0 bridgehead atoms. The fourth-order valence-electron chi connectivity index (χ4n) is 2.80. The summed E-state index contributed by atoms with van der Waals surface area (Å²) in [6.45, 7) is 5.82. The van der Waals surface area contributed by atoms with Gasteiger partial charge in [-0.3, -0.25) is 4.79 Å². The van der Waals surface area contributed by atoms with Crippen LogP contribution in [0.1, 0.15) is 26.3 Å². The minimum atomic E-state index is -3.77. The first-order chi connectivity index (χ1) is 15.5. The number of ether oxygens (including phenoxy) is 3. The minimum Gasteiger partial charge on any atom is -0.493 e. The highest BCUT2D eigenvalue weighted by Gasteiger charge is 2.23. The van der Waals surface area contributed by atoms with Crippen molar-refractivity contribution in [2.75, 3.05) is 33.1 Å². The second-order valence-corrected chi connectivity index (χ2v) is 9.93. The number of methoxy groups -OCH3 is 1. The molecule has 33 heavy (non-hydrogen) atoms. The molecule has 0 atom stereocenters. The third-order valence-corrected chi connectivity index (χ3v) is 6.42. The van der Waals surface area contributed by atoms with E-state index in [-0.39, 0.29) is 16.7 Å². The SMILES string of the molecule is CCOc1ccc(NC(=O)/C=C/c2cc(Cl)c(OC(C)C)c(OC)c2)cc1S(=O)(=O)N(C)C. The number of halogens is 1. The molecule has 0 aliphatic rings. The average Bonchev–Trinajstić information content (AvgIpc) is 2.74. The summed E-state index contributed by atoms with van der Waals surface area (Å²) in [4.78, 5) is 12.4. The normalized spacial score (nSPS) is 11.8. The Morgan fingerprint density at radius 2 is 1.88 bits per heavy atom. The highest BCUT2D eigenvalue weighted by atomic mass is 35.5. The van der Waals surface area contributed by atoms with Gasteiger partial charge in [0.25, 0.3) is 0 Å². The lowest BCUT2D eigenvalue weighted by molar-refractivity contribution is -0.111. The predicted octanol–water partition coefficient (Wildman–Crippen LogP) is 4.44. The monoisotopic (exact) mass is 496 g/mol. The second kappa shape index (κ2) is 11.4. The Morgan fingerprint density at radius 1 is 1.18 bits per heavy atom. The van der Waals surface area contributed by atoms with E-state index in [4.69, 9.17) is 25.8 Å². The van der Waals surface area contributed by atoms with Crippen LogP contribution in [0, 0.1) is 0 Å². The molecule has 0 aromatic heterocycles. The Balaban J connectivity index is 2.26. The molecule has 8 nitrogen and oxygen atoms in total. The van der Waals surface area contributed by atoms with Crippen molar-refractivity contribution < 1.29 is 27.4 Å². The minimum absolute atomic E-state index is 0.0339. The molecule has 2 rings (SSSR count). The number of hydrogen-bond acceptors (Lipinski definition) is 6. The molecule has 0 aliphatic carbocycles. The van der Waals surface area contributed by atoms with Crippen molar-refractivity contribution in [1.82, 2.24) is 4.31 Å². The highest BCUT2D eigenvalue weighted by Crippen LogP contribution is 2.37. The molecular formula is C23H29ClN2O6S. The van der Waals surface area contributed by atoms with Crippen LogP contribution >= 0.6 is 11.6 Å². The Labute approximate surface area is 200 Å². The van der Waals surface area contributed by atoms with Crippen LogP contribution in [0.4, 0.5) is 5.69 Å². The van der Waals surface area contributed by atoms with E-state index in [0.717, 1.165) is 4.31 Å². The van der Waals surface area contributed by atoms with Crippen molar-refractivity contribution >= 4 is 39.3 Å². The summed E-state index contributed by atoms with van der Waals surface area (Å²) in [6, 6.07) is 7.81. The fourth-order valence-corrected chi connectivity index (χ4v) is 4.11. The Kier molecular flexibility index (Phi) is 9.16. The van der Waals surface area contributed by atoms with Crippen molar-refractivity contribution in [3.05, 3.63) is 47.0 Å². The van der Waals surface area contributed by atoms with Crippen LogP contribution in [0.25, 0.3) is 6.08 Å². The van der Waals surface area contributed by atoms with Crippen LogP contribution in [-0.4, -0.2) is 52.5 Å². The summed E-state index contributed by atoms with van der Waals surface area (Å²) in [7, 11) is 0.587. The van der Waals surface area contributed by atoms with Gasteiger partial charge in [-0.05, 0) is 62.7 Å². The maximum atomic E-state index is 12.6. The van der Waals surface area contributed by atoms with Gasteiger partial charge in [0.2, 0.25) is 15.9 Å². The van der Waals surface area contributed by atoms with E-state index >= 15 is 0 Å². The lowest BCUT2D eigenvalue weighted by Crippen LogP contribution is -2.23. The van der Waals surface area contributed by atoms with Crippen LogP contribution in [0.5, 0.6) is 17.2 Å². The quantitative estimate of drug-likeness (QED) is 0.489. The zero-order chi connectivity index (χ0) is 24.8. The molecule has 0 spiro atoms. The van der Waals surface area contributed by atoms with E-state index in [1.54, 1.807) is 31.2 Å². The molecule has 2 aromatic rings. The Morgan fingerprint density at radius 3 is 2.45 bits per heavy atom. The van der Waals surface area contributed by atoms with Gasteiger partial charge < -0.3 is 19.5 Å². The molecule has 180 valence electrons. The summed E-state index contributed by atoms with van der Waals surface area (Å²) < 4.78 is 42.9. The topological polar surface area (TPSA) is 94.2 Å². The number of carbonyl (C=O) groups excluding carboxylic acids is 1. The van der Waals surface area contributed by atoms with E-state index in [9.17, 15) is 13.2 Å². The Bertz CT molecular complexity index is 1130. The Hall–Kier alpha value is -2.75. The summed E-state index contributed by atoms with van der Waals surface area (Å²) in [5, 5.41) is 3.02. The maximum absolute atomic E-state index is 12.6. The highest BCUT2D eigenvalue weighted by molar-refractivity contribution is 7.89. The number of benzene rings is 2. The summed E-state index contributed by atoms with van der Waals surface area (Å²) in [5.41, 5.74) is 0.940. The van der Waals surface area contributed by atoms with Crippen molar-refractivity contribution in [1.29, 1.82) is 0 Å². The van der Waals surface area contributed by atoms with Crippen molar-refractivity contribution in [3.8, 4) is 17.2 Å². The van der Waals surface area contributed by atoms with Gasteiger partial charge >= 0.3 is 0 Å². The fraction of sp³-hybridized carbons (Fsp3) is 0.348. The number of rotatable bonds is 10. The standard InChI is InChI=1S/C23H29ClN2O6S/c1-7-31-19-10-9-17(14-21(19)33(28,29)26(4)5)25-22(27)11-8-16-12-18(24)23(32-15(2)3)20(13-16)30-6/h8-15H,7H2,1-6H3,(H,25,27)/b11-8+. The lowest BCUT2D eigenvalue weighted by Gasteiger charge is -2.16. The van der Waals surface area contributed by atoms with E-state index in [1.165, 1.54) is 39.4 Å². The largest absolute Gasteiger partial charge is 0.493 e. The van der Waals surface area contributed by atoms with Crippen molar-refractivity contribution in [2.45, 2.75) is 31.8 Å². The van der Waals surface area contributed by atoms with Gasteiger partial charge in [-0.2, -0.15) is 0 Å². The van der Waals surface area contributed by atoms with Crippen molar-refractivity contribution in [2.24, 2.45) is 0 Å². The van der Waals surface area contributed by atoms with Crippen molar-refractivity contribution in [3.63, 3.8) is 0 Å². The first-order valence-corrected chi connectivity index (χ1v) is 12.0. The van der Waals surface area contributed by atoms with E-state index in [1.807, 2.05) is 13.8 Å². The van der Waals surface area contributed by atoms with E-state index in [0.29, 0.717) is 34.4 Å². The van der Waals surface area contributed by atoms with Crippen LogP contribution < -0.4 is 19.5 Å². The first kappa shape index (κ1) is 26.5. The molecule has 0 unspecified atom stereocenters. The molecule has 1 amide bonds. The third kappa shape index (κ3) is 6.86. The number of nitrogens with one attached hydrogen (secondary N) is 1. The first-order valence-electron chi connectivity index (χ1n) is 10.2. The third-order valence-electron chi connectivity index (χ3n) is 4.30. The van der Waals surface area contributed by atoms with E-state index in [2.05, 4.69) is 5.32 Å². The summed E-state index contributed by atoms with van der Waals surface area (Å²) in [5.74, 6) is 0.635. The number of nitrogens with zero attached hydrogens (tertiary/aromatic N) is 1. The van der Waals surface area contributed by atoms with Crippen LogP contribution in [0.3, 0.4) is 0 Å². The molecule has 0 fully saturated rings. The molecule has 0 saturated carbocycles. The number of anilines is 1. The molecule has 2 aromatic carbocycles. The van der Waals surface area contributed by atoms with Gasteiger partial charge in [0.1, 0.15) is 10.6 Å². The van der Waals surface area contributed by atoms with E-state index < -0.39 is 15.9 Å². The number of sulfonamides is 1. The van der Waals surface area contributed by atoms with Gasteiger partial charge in [-0.15, -0.1) is 0 Å². The average molecular weight is 497 g/mol. The molecule has 0 radical (unpaired) electrons. The van der Waals surface area contributed by atoms with Gasteiger partial charge in [0.05, 0.1) is 24.8 Å². The lowest BCUT2D eigenvalue weighted by atomic mass is 10.1. The molecular weight excluding hydrogens is 468 g/mol. The zero-order valence-electron chi connectivity index (χ0n) is 19.5. The molecule has 0 saturated heterocycles. The van der Waals surface area contributed by atoms with Gasteiger partial charge in [0, 0.05) is 25.9 Å². The van der Waals surface area contributed by atoms with Crippen LogP contribution in [0.2, 0.25) is 5.02 Å². The molecule has 0 aliphatic heterocycles. The molecule has 0 heterocycles. The zero-order valence-corrected chi connectivity index (χ0v) is 21.1. The molecule has 1 N–H and O–H groups in total.